The molecule has 0 spiro atoms. The molecular formula is C15H21FN2O2. The quantitative estimate of drug-likeness (QED) is 0.739. The van der Waals surface area contributed by atoms with Gasteiger partial charge < -0.3 is 16.2 Å². The van der Waals surface area contributed by atoms with Crippen LogP contribution < -0.4 is 11.1 Å². The summed E-state index contributed by atoms with van der Waals surface area (Å²) in [5, 5.41) is 12.4. The molecular weight excluding hydrogens is 259 g/mol. The Morgan fingerprint density at radius 2 is 2.05 bits per heavy atom. The monoisotopic (exact) mass is 280 g/mol. The molecule has 0 heterocycles. The van der Waals surface area contributed by atoms with Crippen LogP contribution in [-0.4, -0.2) is 24.2 Å². The van der Waals surface area contributed by atoms with Crippen LogP contribution in [0.15, 0.2) is 18.2 Å². The summed E-state index contributed by atoms with van der Waals surface area (Å²) in [6.45, 7) is 0.526. The van der Waals surface area contributed by atoms with E-state index in [0.717, 1.165) is 25.7 Å². The van der Waals surface area contributed by atoms with Crippen LogP contribution in [0.3, 0.4) is 0 Å². The van der Waals surface area contributed by atoms with Crippen molar-refractivity contribution in [3.8, 4) is 0 Å². The number of carbonyl (C=O) groups excluding carboxylic acids is 1. The fourth-order valence-corrected chi connectivity index (χ4v) is 2.75. The van der Waals surface area contributed by atoms with E-state index in [-0.39, 0.29) is 23.6 Å². The highest BCUT2D eigenvalue weighted by molar-refractivity contribution is 5.95. The minimum atomic E-state index is -0.527. The lowest BCUT2D eigenvalue weighted by Crippen LogP contribution is -2.41. The minimum Gasteiger partial charge on any atom is -0.396 e. The molecule has 1 saturated carbocycles. The van der Waals surface area contributed by atoms with E-state index in [1.54, 1.807) is 0 Å². The normalized spacial score (nSPS) is 17.7. The molecule has 0 aliphatic heterocycles. The first-order chi connectivity index (χ1) is 9.56. The molecule has 1 aromatic carbocycles. The zero-order valence-corrected chi connectivity index (χ0v) is 11.5. The molecule has 5 heteroatoms. The molecule has 1 aliphatic rings. The van der Waals surface area contributed by atoms with Crippen LogP contribution in [0.2, 0.25) is 0 Å². The number of nitrogens with one attached hydrogen (secondary N) is 1. The van der Waals surface area contributed by atoms with E-state index >= 15 is 0 Å². The Labute approximate surface area is 118 Å². The van der Waals surface area contributed by atoms with Gasteiger partial charge in [-0.15, -0.1) is 0 Å². The van der Waals surface area contributed by atoms with Gasteiger partial charge in [-0.2, -0.15) is 0 Å². The number of hydrogen-bond acceptors (Lipinski definition) is 3. The van der Waals surface area contributed by atoms with Gasteiger partial charge in [-0.1, -0.05) is 19.3 Å². The smallest absolute Gasteiger partial charge is 0.251 e. The SMILES string of the molecule is Nc1cc(C(=O)NCC2(CO)CCCCC2)ccc1F. The maximum absolute atomic E-state index is 13.1. The Kier molecular flexibility index (Phi) is 4.60. The van der Waals surface area contributed by atoms with Crippen LogP contribution in [0, 0.1) is 11.2 Å². The van der Waals surface area contributed by atoms with Gasteiger partial charge in [0, 0.05) is 17.5 Å². The third kappa shape index (κ3) is 3.28. The van der Waals surface area contributed by atoms with Crippen LogP contribution in [0.1, 0.15) is 42.5 Å². The molecule has 20 heavy (non-hydrogen) atoms. The third-order valence-electron chi connectivity index (χ3n) is 4.13. The topological polar surface area (TPSA) is 75.4 Å². The number of hydrogen-bond donors (Lipinski definition) is 3. The van der Waals surface area contributed by atoms with Crippen molar-refractivity contribution in [2.75, 3.05) is 18.9 Å². The number of anilines is 1. The summed E-state index contributed by atoms with van der Waals surface area (Å²) in [4.78, 5) is 12.0. The van der Waals surface area contributed by atoms with Crippen molar-refractivity contribution >= 4 is 11.6 Å². The highest BCUT2D eigenvalue weighted by atomic mass is 19.1. The molecule has 4 nitrogen and oxygen atoms in total. The Morgan fingerprint density at radius 3 is 2.65 bits per heavy atom. The van der Waals surface area contributed by atoms with Gasteiger partial charge >= 0.3 is 0 Å². The van der Waals surface area contributed by atoms with Gasteiger partial charge in [0.05, 0.1) is 12.3 Å². The summed E-state index contributed by atoms with van der Waals surface area (Å²) >= 11 is 0. The van der Waals surface area contributed by atoms with Crippen molar-refractivity contribution in [2.24, 2.45) is 5.41 Å². The van der Waals surface area contributed by atoms with E-state index in [2.05, 4.69) is 5.32 Å². The van der Waals surface area contributed by atoms with E-state index in [1.165, 1.54) is 24.6 Å². The second-order valence-electron chi connectivity index (χ2n) is 5.64. The predicted molar refractivity (Wildman–Crippen MR) is 75.7 cm³/mol. The van der Waals surface area contributed by atoms with Crippen LogP contribution in [0.25, 0.3) is 0 Å². The molecule has 1 aliphatic carbocycles. The third-order valence-corrected chi connectivity index (χ3v) is 4.13. The molecule has 0 saturated heterocycles. The summed E-state index contributed by atoms with van der Waals surface area (Å²) in [5.74, 6) is -0.809. The molecule has 4 N–H and O–H groups in total. The van der Waals surface area contributed by atoms with Crippen LogP contribution in [-0.2, 0) is 0 Å². The van der Waals surface area contributed by atoms with E-state index < -0.39 is 5.82 Å². The van der Waals surface area contributed by atoms with Crippen LogP contribution in [0.5, 0.6) is 0 Å². The van der Waals surface area contributed by atoms with Crippen molar-refractivity contribution in [2.45, 2.75) is 32.1 Å². The molecule has 110 valence electrons. The number of aliphatic hydroxyl groups excluding tert-OH is 1. The zero-order valence-electron chi connectivity index (χ0n) is 11.5. The number of rotatable bonds is 4. The van der Waals surface area contributed by atoms with Crippen LogP contribution in [0.4, 0.5) is 10.1 Å². The number of benzene rings is 1. The lowest BCUT2D eigenvalue weighted by Gasteiger charge is -2.35. The van der Waals surface area contributed by atoms with Gasteiger partial charge in [-0.05, 0) is 31.0 Å². The molecule has 0 atom stereocenters. The number of aliphatic hydroxyl groups is 1. The summed E-state index contributed by atoms with van der Waals surface area (Å²) < 4.78 is 13.1. The largest absolute Gasteiger partial charge is 0.396 e. The van der Waals surface area contributed by atoms with E-state index in [0.29, 0.717) is 12.1 Å². The summed E-state index contributed by atoms with van der Waals surface area (Å²) in [6, 6.07) is 3.93. The number of carbonyl (C=O) groups is 1. The molecule has 0 radical (unpaired) electrons. The molecule has 0 aromatic heterocycles. The van der Waals surface area contributed by atoms with Gasteiger partial charge in [-0.3, -0.25) is 4.79 Å². The lowest BCUT2D eigenvalue weighted by molar-refractivity contribution is 0.0718. The lowest BCUT2D eigenvalue weighted by atomic mass is 9.74. The summed E-state index contributed by atoms with van der Waals surface area (Å²) in [7, 11) is 0. The zero-order chi connectivity index (χ0) is 14.6. The highest BCUT2D eigenvalue weighted by Crippen LogP contribution is 2.35. The fraction of sp³-hybridized carbons (Fsp3) is 0.533. The van der Waals surface area contributed by atoms with Crippen LogP contribution >= 0.6 is 0 Å². The predicted octanol–water partition coefficient (Wildman–Crippen LogP) is 2.08. The van der Waals surface area contributed by atoms with E-state index in [4.69, 9.17) is 5.73 Å². The molecule has 1 aromatic rings. The van der Waals surface area contributed by atoms with Crippen molar-refractivity contribution in [3.05, 3.63) is 29.6 Å². The first kappa shape index (κ1) is 14.8. The number of halogens is 1. The van der Waals surface area contributed by atoms with Gasteiger partial charge in [0.2, 0.25) is 0 Å². The molecule has 1 amide bonds. The Balaban J connectivity index is 1.98. The Bertz CT molecular complexity index is 485. The summed E-state index contributed by atoms with van der Waals surface area (Å²) in [5.41, 5.74) is 5.55. The highest BCUT2D eigenvalue weighted by Gasteiger charge is 2.31. The van der Waals surface area contributed by atoms with E-state index in [1.807, 2.05) is 0 Å². The second-order valence-corrected chi connectivity index (χ2v) is 5.64. The molecule has 0 bridgehead atoms. The van der Waals surface area contributed by atoms with Gasteiger partial charge in [-0.25, -0.2) is 4.39 Å². The van der Waals surface area contributed by atoms with Crippen molar-refractivity contribution in [1.82, 2.24) is 5.32 Å². The standard InChI is InChI=1S/C15H21FN2O2/c16-12-5-4-11(8-13(12)17)14(20)18-9-15(10-19)6-2-1-3-7-15/h4-5,8,19H,1-3,6-7,9-10,17H2,(H,18,20). The first-order valence-electron chi connectivity index (χ1n) is 7.00. The average molecular weight is 280 g/mol. The fourth-order valence-electron chi connectivity index (χ4n) is 2.75. The number of nitrogen functional groups attached to an aromatic ring is 1. The van der Waals surface area contributed by atoms with Crippen molar-refractivity contribution in [3.63, 3.8) is 0 Å². The Hall–Kier alpha value is -1.62. The van der Waals surface area contributed by atoms with Crippen molar-refractivity contribution in [1.29, 1.82) is 0 Å². The molecule has 2 rings (SSSR count). The summed E-state index contributed by atoms with van der Waals surface area (Å²) in [6.07, 6.45) is 5.20. The van der Waals surface area contributed by atoms with Gasteiger partial charge in [0.25, 0.3) is 5.91 Å². The maximum Gasteiger partial charge on any atom is 0.251 e. The van der Waals surface area contributed by atoms with E-state index in [9.17, 15) is 14.3 Å². The average Bonchev–Trinajstić information content (AvgIpc) is 2.48. The number of nitrogens with two attached hydrogens (primary N) is 1. The second kappa shape index (κ2) is 6.22. The maximum atomic E-state index is 13.1. The van der Waals surface area contributed by atoms with Gasteiger partial charge in [0.1, 0.15) is 5.82 Å². The minimum absolute atomic E-state index is 0.0350. The molecule has 0 unspecified atom stereocenters. The van der Waals surface area contributed by atoms with Crippen molar-refractivity contribution < 1.29 is 14.3 Å². The first-order valence-corrected chi connectivity index (χ1v) is 7.00. The Morgan fingerprint density at radius 1 is 1.35 bits per heavy atom. The number of amides is 1. The molecule has 1 fully saturated rings. The van der Waals surface area contributed by atoms with Gasteiger partial charge in [0.15, 0.2) is 0 Å².